The second-order valence-corrected chi connectivity index (χ2v) is 5.98. The van der Waals surface area contributed by atoms with Crippen molar-refractivity contribution in [1.82, 2.24) is 0 Å². The Bertz CT molecular complexity index is 634. The molecule has 102 valence electrons. The lowest BCUT2D eigenvalue weighted by Crippen LogP contribution is -2.33. The van der Waals surface area contributed by atoms with Crippen molar-refractivity contribution in [3.63, 3.8) is 0 Å². The van der Waals surface area contributed by atoms with Crippen molar-refractivity contribution in [2.75, 3.05) is 4.90 Å². The maximum Gasteiger partial charge on any atom is 0.238 e. The lowest BCUT2D eigenvalue weighted by molar-refractivity contribution is -0.123. The smallest absolute Gasteiger partial charge is 0.238 e. The summed E-state index contributed by atoms with van der Waals surface area (Å²) in [6, 6.07) is 4.75. The van der Waals surface area contributed by atoms with E-state index in [2.05, 4.69) is 12.2 Å². The molecule has 4 heteroatoms. The van der Waals surface area contributed by atoms with E-state index in [1.165, 1.54) is 11.0 Å². The van der Waals surface area contributed by atoms with Gasteiger partial charge in [0, 0.05) is 0 Å². The van der Waals surface area contributed by atoms with Crippen LogP contribution in [-0.2, 0) is 9.59 Å². The van der Waals surface area contributed by atoms with Crippen LogP contribution < -0.4 is 4.90 Å². The SMILES string of the molecule is Cc1cc(O)ccc1N1C(=O)C2C3C=CC(C3)C2C1=O. The molecule has 0 aromatic heterocycles. The standard InChI is InChI=1S/C16H15NO3/c1-8-6-11(18)4-5-12(8)17-15(19)13-9-2-3-10(7-9)14(13)16(17)20/h2-6,9-10,13-14,18H,7H2,1H3. The van der Waals surface area contributed by atoms with Gasteiger partial charge in [-0.05, 0) is 48.9 Å². The van der Waals surface area contributed by atoms with Crippen LogP contribution in [0.2, 0.25) is 0 Å². The number of carbonyl (C=O) groups is 2. The number of fused-ring (bicyclic) bond motifs is 5. The Morgan fingerprint density at radius 3 is 2.25 bits per heavy atom. The summed E-state index contributed by atoms with van der Waals surface area (Å²) in [5, 5.41) is 9.47. The normalized spacial score (nSPS) is 34.1. The molecule has 1 saturated carbocycles. The zero-order chi connectivity index (χ0) is 14.0. The molecule has 4 rings (SSSR count). The van der Waals surface area contributed by atoms with E-state index in [4.69, 9.17) is 0 Å². The van der Waals surface area contributed by atoms with Gasteiger partial charge in [-0.3, -0.25) is 9.59 Å². The molecule has 1 heterocycles. The number of nitrogens with zero attached hydrogens (tertiary/aromatic N) is 1. The van der Waals surface area contributed by atoms with Gasteiger partial charge in [0.25, 0.3) is 0 Å². The van der Waals surface area contributed by atoms with Crippen molar-refractivity contribution in [3.8, 4) is 5.75 Å². The molecule has 0 spiro atoms. The number of phenolic OH excluding ortho intramolecular Hbond substituents is 1. The van der Waals surface area contributed by atoms with Gasteiger partial charge in [-0.15, -0.1) is 0 Å². The van der Waals surface area contributed by atoms with Crippen LogP contribution in [0.1, 0.15) is 12.0 Å². The van der Waals surface area contributed by atoms with Crippen LogP contribution in [0.15, 0.2) is 30.4 Å². The van der Waals surface area contributed by atoms with Crippen LogP contribution >= 0.6 is 0 Å². The van der Waals surface area contributed by atoms with Crippen molar-refractivity contribution in [1.29, 1.82) is 0 Å². The molecule has 3 aliphatic rings. The Morgan fingerprint density at radius 1 is 1.10 bits per heavy atom. The first-order valence-corrected chi connectivity index (χ1v) is 6.93. The number of imide groups is 1. The van der Waals surface area contributed by atoms with E-state index in [-0.39, 0.29) is 41.2 Å². The van der Waals surface area contributed by atoms with Crippen molar-refractivity contribution in [2.24, 2.45) is 23.7 Å². The van der Waals surface area contributed by atoms with Crippen molar-refractivity contribution < 1.29 is 14.7 Å². The summed E-state index contributed by atoms with van der Waals surface area (Å²) in [6.45, 7) is 1.80. The molecule has 1 N–H and O–H groups in total. The zero-order valence-corrected chi connectivity index (χ0v) is 11.1. The Morgan fingerprint density at radius 2 is 1.70 bits per heavy atom. The van der Waals surface area contributed by atoms with E-state index >= 15 is 0 Å². The first kappa shape index (κ1) is 11.7. The van der Waals surface area contributed by atoms with E-state index in [9.17, 15) is 14.7 Å². The first-order valence-electron chi connectivity index (χ1n) is 6.93. The number of rotatable bonds is 1. The fraction of sp³-hybridized carbons (Fsp3) is 0.375. The molecule has 2 fully saturated rings. The van der Waals surface area contributed by atoms with Gasteiger partial charge in [0.05, 0.1) is 17.5 Å². The summed E-state index contributed by atoms with van der Waals surface area (Å²) < 4.78 is 0. The fourth-order valence-corrected chi connectivity index (χ4v) is 4.03. The third kappa shape index (κ3) is 1.31. The zero-order valence-electron chi connectivity index (χ0n) is 11.1. The second-order valence-electron chi connectivity index (χ2n) is 5.98. The molecule has 4 nitrogen and oxygen atoms in total. The highest BCUT2D eigenvalue weighted by Crippen LogP contribution is 2.53. The fourth-order valence-electron chi connectivity index (χ4n) is 4.03. The van der Waals surface area contributed by atoms with E-state index < -0.39 is 0 Å². The number of phenols is 1. The van der Waals surface area contributed by atoms with E-state index in [0.717, 1.165) is 12.0 Å². The summed E-state index contributed by atoms with van der Waals surface area (Å²) in [5.74, 6) is 0.0905. The number of anilines is 1. The number of aryl methyl sites for hydroxylation is 1. The largest absolute Gasteiger partial charge is 0.508 e. The molecule has 4 atom stereocenters. The molecule has 20 heavy (non-hydrogen) atoms. The predicted molar refractivity (Wildman–Crippen MR) is 73.1 cm³/mol. The average Bonchev–Trinajstić information content (AvgIpc) is 3.06. The highest BCUT2D eigenvalue weighted by Gasteiger charge is 2.59. The maximum absolute atomic E-state index is 12.6. The number of carbonyl (C=O) groups excluding carboxylic acids is 2. The molecule has 4 unspecified atom stereocenters. The molecule has 0 radical (unpaired) electrons. The van der Waals surface area contributed by atoms with Gasteiger partial charge in [0.1, 0.15) is 5.75 Å². The molecule has 2 amide bonds. The van der Waals surface area contributed by atoms with Crippen LogP contribution in [0.5, 0.6) is 5.75 Å². The van der Waals surface area contributed by atoms with Crippen molar-refractivity contribution in [3.05, 3.63) is 35.9 Å². The van der Waals surface area contributed by atoms with Crippen molar-refractivity contribution >= 4 is 17.5 Å². The maximum atomic E-state index is 12.6. The number of amides is 2. The van der Waals surface area contributed by atoms with Gasteiger partial charge in [-0.1, -0.05) is 12.2 Å². The number of allylic oxidation sites excluding steroid dienone is 2. The number of benzene rings is 1. The minimum absolute atomic E-state index is 0.0781. The molecule has 2 aliphatic carbocycles. The molecule has 1 aliphatic heterocycles. The molecule has 1 saturated heterocycles. The predicted octanol–water partition coefficient (Wildman–Crippen LogP) is 2.01. The summed E-state index contributed by atoms with van der Waals surface area (Å²) in [4.78, 5) is 26.6. The van der Waals surface area contributed by atoms with Crippen LogP contribution in [0, 0.1) is 30.6 Å². The van der Waals surface area contributed by atoms with E-state index in [1.807, 2.05) is 0 Å². The highest BCUT2D eigenvalue weighted by molar-refractivity contribution is 6.23. The van der Waals surface area contributed by atoms with Gasteiger partial charge in [0.15, 0.2) is 0 Å². The number of aromatic hydroxyl groups is 1. The minimum atomic E-state index is -0.175. The van der Waals surface area contributed by atoms with Crippen LogP contribution in [0.4, 0.5) is 5.69 Å². The molecular formula is C16H15NO3. The number of hydrogen-bond donors (Lipinski definition) is 1. The minimum Gasteiger partial charge on any atom is -0.508 e. The monoisotopic (exact) mass is 269 g/mol. The lowest BCUT2D eigenvalue weighted by Gasteiger charge is -2.19. The summed E-state index contributed by atoms with van der Waals surface area (Å²) in [6.07, 6.45) is 5.11. The van der Waals surface area contributed by atoms with Crippen LogP contribution in [-0.4, -0.2) is 16.9 Å². The Balaban J connectivity index is 1.78. The Kier molecular flexibility index (Phi) is 2.18. The summed E-state index contributed by atoms with van der Waals surface area (Å²) in [7, 11) is 0. The Labute approximate surface area is 116 Å². The first-order chi connectivity index (χ1) is 9.58. The van der Waals surface area contributed by atoms with Gasteiger partial charge in [-0.2, -0.15) is 0 Å². The van der Waals surface area contributed by atoms with E-state index in [1.54, 1.807) is 19.1 Å². The third-order valence-electron chi connectivity index (χ3n) is 4.89. The van der Waals surface area contributed by atoms with Gasteiger partial charge < -0.3 is 5.11 Å². The topological polar surface area (TPSA) is 57.6 Å². The van der Waals surface area contributed by atoms with E-state index in [0.29, 0.717) is 5.69 Å². The lowest BCUT2D eigenvalue weighted by atomic mass is 9.85. The van der Waals surface area contributed by atoms with Crippen LogP contribution in [0.25, 0.3) is 0 Å². The van der Waals surface area contributed by atoms with Gasteiger partial charge in [0.2, 0.25) is 11.8 Å². The Hall–Kier alpha value is -2.10. The second kappa shape index (κ2) is 3.72. The summed E-state index contributed by atoms with van der Waals surface area (Å²) in [5.41, 5.74) is 1.35. The molecule has 1 aromatic carbocycles. The van der Waals surface area contributed by atoms with Crippen LogP contribution in [0.3, 0.4) is 0 Å². The molecule has 1 aromatic rings. The quantitative estimate of drug-likeness (QED) is 0.626. The van der Waals surface area contributed by atoms with Gasteiger partial charge in [-0.25, -0.2) is 4.90 Å². The van der Waals surface area contributed by atoms with Gasteiger partial charge >= 0.3 is 0 Å². The highest BCUT2D eigenvalue weighted by atomic mass is 16.3. The number of hydrogen-bond acceptors (Lipinski definition) is 3. The van der Waals surface area contributed by atoms with Crippen molar-refractivity contribution in [2.45, 2.75) is 13.3 Å². The molecule has 2 bridgehead atoms. The average molecular weight is 269 g/mol. The summed E-state index contributed by atoms with van der Waals surface area (Å²) >= 11 is 0. The molecular weight excluding hydrogens is 254 g/mol. The third-order valence-corrected chi connectivity index (χ3v) is 4.89.